The zero-order valence-electron chi connectivity index (χ0n) is 14.8. The van der Waals surface area contributed by atoms with Gasteiger partial charge in [-0.2, -0.15) is 4.31 Å². The Morgan fingerprint density at radius 3 is 2.43 bits per heavy atom. The Hall–Kier alpha value is -3.04. The second-order valence-corrected chi connectivity index (χ2v) is 8.37. The Morgan fingerprint density at radius 2 is 1.75 bits per heavy atom. The maximum Gasteiger partial charge on any atom is 0.321 e. The first-order valence-electron chi connectivity index (χ1n) is 8.44. The Balaban J connectivity index is 2.02. The van der Waals surface area contributed by atoms with E-state index in [0.29, 0.717) is 5.56 Å². The summed E-state index contributed by atoms with van der Waals surface area (Å²) in [5, 5.41) is 2.12. The Kier molecular flexibility index (Phi) is 4.09. The highest BCUT2D eigenvalue weighted by molar-refractivity contribution is 7.89. The largest absolute Gasteiger partial charge is 0.468 e. The summed E-state index contributed by atoms with van der Waals surface area (Å²) in [5.41, 5.74) is -1.34. The van der Waals surface area contributed by atoms with Crippen molar-refractivity contribution in [3.63, 3.8) is 0 Å². The molecule has 28 heavy (non-hydrogen) atoms. The normalized spacial score (nSPS) is 25.5. The van der Waals surface area contributed by atoms with E-state index < -0.39 is 39.3 Å². The number of hydrogen-bond donors (Lipinski definition) is 1. The van der Waals surface area contributed by atoms with Gasteiger partial charge in [0.2, 0.25) is 15.9 Å². The minimum absolute atomic E-state index is 0.0877. The molecule has 1 N–H and O–H groups in total. The second kappa shape index (κ2) is 6.25. The van der Waals surface area contributed by atoms with Gasteiger partial charge in [-0.15, -0.1) is 0 Å². The smallest absolute Gasteiger partial charge is 0.321 e. The minimum Gasteiger partial charge on any atom is -0.468 e. The Labute approximate surface area is 161 Å². The molecule has 144 valence electrons. The number of benzene rings is 2. The molecule has 2 aromatic rings. The number of ether oxygens (including phenoxy) is 1. The summed E-state index contributed by atoms with van der Waals surface area (Å²) in [6.45, 7) is -0.188. The molecule has 1 saturated heterocycles. The number of carbonyl (C=O) groups is 3. The topological polar surface area (TPSA) is 110 Å². The molecule has 0 aliphatic carbocycles. The van der Waals surface area contributed by atoms with Crippen LogP contribution in [0.2, 0.25) is 0 Å². The maximum atomic E-state index is 13.3. The van der Waals surface area contributed by atoms with Crippen LogP contribution in [0.25, 0.3) is 0 Å². The summed E-state index contributed by atoms with van der Waals surface area (Å²) in [5.74, 6) is -4.38. The first-order chi connectivity index (χ1) is 13.3. The van der Waals surface area contributed by atoms with Gasteiger partial charge in [-0.05, 0) is 11.6 Å². The molecule has 2 aliphatic heterocycles. The number of carbonyl (C=O) groups excluding carboxylic acids is 3. The molecule has 0 bridgehead atoms. The van der Waals surface area contributed by atoms with Gasteiger partial charge in [-0.1, -0.05) is 48.5 Å². The molecule has 1 spiro atoms. The lowest BCUT2D eigenvalue weighted by Gasteiger charge is -2.34. The van der Waals surface area contributed by atoms with E-state index in [-0.39, 0.29) is 17.0 Å². The van der Waals surface area contributed by atoms with Crippen LogP contribution in [0.15, 0.2) is 59.5 Å². The average Bonchev–Trinajstić information content (AvgIpc) is 3.06. The van der Waals surface area contributed by atoms with Crippen molar-refractivity contribution in [3.8, 4) is 0 Å². The summed E-state index contributed by atoms with van der Waals surface area (Å²) < 4.78 is 32.4. The van der Waals surface area contributed by atoms with Crippen LogP contribution in [0, 0.1) is 5.92 Å². The Bertz CT molecular complexity index is 1100. The van der Waals surface area contributed by atoms with Gasteiger partial charge in [0.15, 0.2) is 11.5 Å². The molecule has 0 saturated carbocycles. The molecule has 8 nitrogen and oxygen atoms in total. The summed E-state index contributed by atoms with van der Waals surface area (Å²) in [7, 11) is -3.07. The molecule has 9 heteroatoms. The third-order valence-corrected chi connectivity index (χ3v) is 7.04. The van der Waals surface area contributed by atoms with E-state index in [1.807, 2.05) is 0 Å². The molecule has 0 aromatic heterocycles. The van der Waals surface area contributed by atoms with E-state index in [4.69, 9.17) is 4.74 Å². The fourth-order valence-electron chi connectivity index (χ4n) is 3.94. The fraction of sp³-hybridized carbons (Fsp3) is 0.211. The van der Waals surface area contributed by atoms with E-state index in [1.165, 1.54) is 18.2 Å². The number of sulfonamides is 1. The van der Waals surface area contributed by atoms with Crippen LogP contribution in [0.4, 0.5) is 0 Å². The SMILES string of the molecule is COC(=O)C1C(=O)NC(=O)C12c1ccccc1S(=O)(=O)N2Cc1ccccc1. The lowest BCUT2D eigenvalue weighted by molar-refractivity contribution is -0.154. The van der Waals surface area contributed by atoms with Gasteiger partial charge in [0, 0.05) is 12.1 Å². The number of nitrogens with zero attached hydrogens (tertiary/aromatic N) is 1. The van der Waals surface area contributed by atoms with E-state index >= 15 is 0 Å². The predicted octanol–water partition coefficient (Wildman–Crippen LogP) is 0.532. The fourth-order valence-corrected chi connectivity index (χ4v) is 5.91. The van der Waals surface area contributed by atoms with Gasteiger partial charge in [0.1, 0.15) is 0 Å². The summed E-state index contributed by atoms with van der Waals surface area (Å²) in [6.07, 6.45) is 0. The Morgan fingerprint density at radius 1 is 1.11 bits per heavy atom. The molecular formula is C19H16N2O6S. The highest BCUT2D eigenvalue weighted by atomic mass is 32.2. The lowest BCUT2D eigenvalue weighted by atomic mass is 9.79. The van der Waals surface area contributed by atoms with Gasteiger partial charge < -0.3 is 4.74 Å². The van der Waals surface area contributed by atoms with Crippen LogP contribution in [-0.2, 0) is 41.2 Å². The number of methoxy groups -OCH3 is 1. The number of rotatable bonds is 3. The van der Waals surface area contributed by atoms with E-state index in [1.54, 1.807) is 36.4 Å². The van der Waals surface area contributed by atoms with Crippen molar-refractivity contribution in [2.75, 3.05) is 7.11 Å². The number of amides is 2. The van der Waals surface area contributed by atoms with Crippen LogP contribution in [0.1, 0.15) is 11.1 Å². The van der Waals surface area contributed by atoms with Gasteiger partial charge in [0.25, 0.3) is 5.91 Å². The van der Waals surface area contributed by atoms with Crippen molar-refractivity contribution >= 4 is 27.8 Å². The molecule has 2 unspecified atom stereocenters. The second-order valence-electron chi connectivity index (χ2n) is 6.53. The number of nitrogens with one attached hydrogen (secondary N) is 1. The van der Waals surface area contributed by atoms with Crippen molar-refractivity contribution in [2.45, 2.75) is 17.0 Å². The van der Waals surface area contributed by atoms with Gasteiger partial charge in [-0.25, -0.2) is 8.42 Å². The zero-order chi connectivity index (χ0) is 20.1. The molecule has 2 atom stereocenters. The molecule has 2 aliphatic rings. The molecule has 4 rings (SSSR count). The van der Waals surface area contributed by atoms with Crippen molar-refractivity contribution in [1.82, 2.24) is 9.62 Å². The van der Waals surface area contributed by atoms with Crippen molar-refractivity contribution < 1.29 is 27.5 Å². The van der Waals surface area contributed by atoms with Crippen LogP contribution >= 0.6 is 0 Å². The zero-order valence-corrected chi connectivity index (χ0v) is 15.6. The van der Waals surface area contributed by atoms with Gasteiger partial charge >= 0.3 is 5.97 Å². The highest BCUT2D eigenvalue weighted by Crippen LogP contribution is 2.52. The van der Waals surface area contributed by atoms with Gasteiger partial charge in [-0.3, -0.25) is 19.7 Å². The predicted molar refractivity (Wildman–Crippen MR) is 95.9 cm³/mol. The molecule has 2 amide bonds. The van der Waals surface area contributed by atoms with Crippen molar-refractivity contribution in [3.05, 3.63) is 65.7 Å². The van der Waals surface area contributed by atoms with E-state index in [9.17, 15) is 22.8 Å². The van der Waals surface area contributed by atoms with E-state index in [2.05, 4.69) is 5.32 Å². The van der Waals surface area contributed by atoms with Crippen LogP contribution in [0.5, 0.6) is 0 Å². The summed E-state index contributed by atoms with van der Waals surface area (Å²) in [4.78, 5) is 37.9. The quantitative estimate of drug-likeness (QED) is 0.457. The van der Waals surface area contributed by atoms with Crippen molar-refractivity contribution in [1.29, 1.82) is 0 Å². The van der Waals surface area contributed by atoms with Gasteiger partial charge in [0.05, 0.1) is 12.0 Å². The summed E-state index contributed by atoms with van der Waals surface area (Å²) >= 11 is 0. The van der Waals surface area contributed by atoms with E-state index in [0.717, 1.165) is 11.4 Å². The number of hydrogen-bond acceptors (Lipinski definition) is 6. The van der Waals surface area contributed by atoms with Crippen LogP contribution < -0.4 is 5.32 Å². The first-order valence-corrected chi connectivity index (χ1v) is 9.88. The lowest BCUT2D eigenvalue weighted by Crippen LogP contribution is -2.54. The number of esters is 1. The monoisotopic (exact) mass is 400 g/mol. The minimum atomic E-state index is -4.15. The molecule has 1 fully saturated rings. The third kappa shape index (κ3) is 2.26. The van der Waals surface area contributed by atoms with Crippen LogP contribution in [0.3, 0.4) is 0 Å². The number of imide groups is 1. The van der Waals surface area contributed by atoms with Crippen LogP contribution in [-0.4, -0.2) is 37.6 Å². The molecule has 2 heterocycles. The maximum absolute atomic E-state index is 13.3. The standard InChI is InChI=1S/C19H16N2O6S/c1-27-17(23)15-16(22)20-18(24)19(15)13-9-5-6-10-14(13)28(25,26)21(19)11-12-7-3-2-4-8-12/h2-10,15H,11H2,1H3,(H,20,22,24). The summed E-state index contributed by atoms with van der Waals surface area (Å²) in [6, 6.07) is 14.5. The van der Waals surface area contributed by atoms with Crippen molar-refractivity contribution in [2.24, 2.45) is 5.92 Å². The highest BCUT2D eigenvalue weighted by Gasteiger charge is 2.70. The third-order valence-electron chi connectivity index (χ3n) is 5.13. The molecular weight excluding hydrogens is 384 g/mol. The average molecular weight is 400 g/mol. The number of fused-ring (bicyclic) bond motifs is 2. The molecule has 0 radical (unpaired) electrons. The first kappa shape index (κ1) is 18.3. The molecule has 2 aromatic carbocycles.